The lowest BCUT2D eigenvalue weighted by atomic mass is 10.2. The highest BCUT2D eigenvalue weighted by Crippen LogP contribution is 2.35. The third kappa shape index (κ3) is 2.52. The molecule has 1 amide bonds. The van der Waals surface area contributed by atoms with Crippen LogP contribution in [-0.4, -0.2) is 5.91 Å². The SMILES string of the molecule is O=C(Nc1cccc(Cl)c1)c1sc2ccccc2c1Cl. The first-order valence-electron chi connectivity index (χ1n) is 5.89. The Morgan fingerprint density at radius 2 is 1.85 bits per heavy atom. The Hall–Kier alpha value is -1.55. The van der Waals surface area contributed by atoms with Crippen LogP contribution in [0.25, 0.3) is 10.1 Å². The van der Waals surface area contributed by atoms with Gasteiger partial charge in [-0.1, -0.05) is 47.5 Å². The van der Waals surface area contributed by atoms with Crippen LogP contribution in [0.2, 0.25) is 10.0 Å². The molecule has 2 aromatic carbocycles. The molecule has 1 aromatic heterocycles. The van der Waals surface area contributed by atoms with Crippen LogP contribution in [0.3, 0.4) is 0 Å². The van der Waals surface area contributed by atoms with Crippen LogP contribution in [0.15, 0.2) is 48.5 Å². The van der Waals surface area contributed by atoms with Crippen molar-refractivity contribution < 1.29 is 4.79 Å². The van der Waals surface area contributed by atoms with Gasteiger partial charge in [-0.25, -0.2) is 0 Å². The average Bonchev–Trinajstić information content (AvgIpc) is 2.77. The highest BCUT2D eigenvalue weighted by molar-refractivity contribution is 7.21. The van der Waals surface area contributed by atoms with Gasteiger partial charge in [-0.05, 0) is 24.3 Å². The van der Waals surface area contributed by atoms with Crippen LogP contribution in [0.1, 0.15) is 9.67 Å². The van der Waals surface area contributed by atoms with Gasteiger partial charge in [-0.2, -0.15) is 0 Å². The summed E-state index contributed by atoms with van der Waals surface area (Å²) in [4.78, 5) is 12.8. The molecule has 20 heavy (non-hydrogen) atoms. The van der Waals surface area contributed by atoms with Crippen molar-refractivity contribution in [1.82, 2.24) is 0 Å². The molecule has 0 aliphatic carbocycles. The molecule has 0 aliphatic heterocycles. The summed E-state index contributed by atoms with van der Waals surface area (Å²) >= 11 is 13.5. The van der Waals surface area contributed by atoms with E-state index in [1.807, 2.05) is 24.3 Å². The van der Waals surface area contributed by atoms with Gasteiger partial charge < -0.3 is 5.32 Å². The molecule has 5 heteroatoms. The van der Waals surface area contributed by atoms with Crippen LogP contribution < -0.4 is 5.32 Å². The van der Waals surface area contributed by atoms with Crippen LogP contribution in [0, 0.1) is 0 Å². The number of fused-ring (bicyclic) bond motifs is 1. The number of anilines is 1. The molecule has 2 nitrogen and oxygen atoms in total. The number of thiophene rings is 1. The van der Waals surface area contributed by atoms with Gasteiger partial charge in [0.2, 0.25) is 0 Å². The number of hydrogen-bond acceptors (Lipinski definition) is 2. The largest absolute Gasteiger partial charge is 0.321 e. The van der Waals surface area contributed by atoms with E-state index in [9.17, 15) is 4.79 Å². The average molecular weight is 322 g/mol. The van der Waals surface area contributed by atoms with E-state index in [0.717, 1.165) is 10.1 Å². The molecule has 0 spiro atoms. The molecule has 0 atom stereocenters. The fraction of sp³-hybridized carbons (Fsp3) is 0. The summed E-state index contributed by atoms with van der Waals surface area (Å²) in [5.41, 5.74) is 0.649. The maximum Gasteiger partial charge on any atom is 0.267 e. The number of hydrogen-bond donors (Lipinski definition) is 1. The summed E-state index contributed by atoms with van der Waals surface area (Å²) in [5, 5.41) is 4.77. The maximum atomic E-state index is 12.3. The molecule has 0 saturated carbocycles. The van der Waals surface area contributed by atoms with Crippen LogP contribution in [0.5, 0.6) is 0 Å². The molecule has 3 rings (SSSR count). The first-order chi connectivity index (χ1) is 9.65. The Morgan fingerprint density at radius 3 is 2.60 bits per heavy atom. The van der Waals surface area contributed by atoms with E-state index in [4.69, 9.17) is 23.2 Å². The zero-order valence-corrected chi connectivity index (χ0v) is 12.5. The summed E-state index contributed by atoms with van der Waals surface area (Å²) in [7, 11) is 0. The van der Waals surface area contributed by atoms with Gasteiger partial charge in [0.05, 0.1) is 5.02 Å². The fourth-order valence-corrected chi connectivity index (χ4v) is 3.52. The lowest BCUT2D eigenvalue weighted by Crippen LogP contribution is -2.10. The minimum Gasteiger partial charge on any atom is -0.321 e. The van der Waals surface area contributed by atoms with Crippen LogP contribution in [-0.2, 0) is 0 Å². The number of carbonyl (C=O) groups excluding carboxylic acids is 1. The molecule has 3 aromatic rings. The molecule has 0 aliphatic rings. The second kappa shape index (κ2) is 5.44. The lowest BCUT2D eigenvalue weighted by Gasteiger charge is -2.04. The number of rotatable bonds is 2. The summed E-state index contributed by atoms with van der Waals surface area (Å²) in [6.45, 7) is 0. The first kappa shape index (κ1) is 13.4. The summed E-state index contributed by atoms with van der Waals surface area (Å²) in [5.74, 6) is -0.224. The van der Waals surface area contributed by atoms with Crippen LogP contribution in [0.4, 0.5) is 5.69 Å². The lowest BCUT2D eigenvalue weighted by molar-refractivity contribution is 0.103. The van der Waals surface area contributed by atoms with Crippen molar-refractivity contribution >= 4 is 56.2 Å². The van der Waals surface area contributed by atoms with Gasteiger partial charge in [0.25, 0.3) is 5.91 Å². The van der Waals surface area contributed by atoms with E-state index in [0.29, 0.717) is 20.6 Å². The molecule has 0 bridgehead atoms. The minimum atomic E-state index is -0.224. The van der Waals surface area contributed by atoms with Crippen molar-refractivity contribution in [2.75, 3.05) is 5.32 Å². The van der Waals surface area contributed by atoms with E-state index in [-0.39, 0.29) is 5.91 Å². The molecule has 0 fully saturated rings. The molecule has 0 unspecified atom stereocenters. The quantitative estimate of drug-likeness (QED) is 0.667. The Bertz CT molecular complexity index is 797. The third-order valence-corrected chi connectivity index (χ3v) is 4.73. The van der Waals surface area contributed by atoms with Crippen molar-refractivity contribution in [2.24, 2.45) is 0 Å². The van der Waals surface area contributed by atoms with Gasteiger partial charge in [-0.15, -0.1) is 11.3 Å². The molecular weight excluding hydrogens is 313 g/mol. The molecule has 0 radical (unpaired) electrons. The van der Waals surface area contributed by atoms with Gasteiger partial charge in [0, 0.05) is 20.8 Å². The molecule has 1 N–H and O–H groups in total. The summed E-state index contributed by atoms with van der Waals surface area (Å²) < 4.78 is 0.994. The number of benzene rings is 2. The maximum absolute atomic E-state index is 12.3. The predicted molar refractivity (Wildman–Crippen MR) is 86.2 cm³/mol. The molecule has 1 heterocycles. The monoisotopic (exact) mass is 321 g/mol. The Balaban J connectivity index is 1.95. The first-order valence-corrected chi connectivity index (χ1v) is 7.46. The second-order valence-electron chi connectivity index (χ2n) is 4.21. The highest BCUT2D eigenvalue weighted by atomic mass is 35.5. The van der Waals surface area contributed by atoms with E-state index in [1.54, 1.807) is 24.3 Å². The van der Waals surface area contributed by atoms with Crippen molar-refractivity contribution in [1.29, 1.82) is 0 Å². The number of amides is 1. The van der Waals surface area contributed by atoms with Crippen molar-refractivity contribution in [2.45, 2.75) is 0 Å². The highest BCUT2D eigenvalue weighted by Gasteiger charge is 2.16. The Kier molecular flexibility index (Phi) is 3.66. The molecule has 100 valence electrons. The van der Waals surface area contributed by atoms with Gasteiger partial charge in [0.1, 0.15) is 4.88 Å². The van der Waals surface area contributed by atoms with Crippen molar-refractivity contribution in [3.63, 3.8) is 0 Å². The number of carbonyl (C=O) groups is 1. The number of halogens is 2. The summed E-state index contributed by atoms with van der Waals surface area (Å²) in [6, 6.07) is 14.7. The fourth-order valence-electron chi connectivity index (χ4n) is 1.91. The third-order valence-electron chi connectivity index (χ3n) is 2.82. The van der Waals surface area contributed by atoms with Gasteiger partial charge in [0.15, 0.2) is 0 Å². The van der Waals surface area contributed by atoms with E-state index in [1.165, 1.54) is 11.3 Å². The zero-order chi connectivity index (χ0) is 14.1. The minimum absolute atomic E-state index is 0.224. The van der Waals surface area contributed by atoms with Crippen LogP contribution >= 0.6 is 34.5 Å². The molecule has 0 saturated heterocycles. The second-order valence-corrected chi connectivity index (χ2v) is 6.07. The van der Waals surface area contributed by atoms with E-state index in [2.05, 4.69) is 5.32 Å². The Morgan fingerprint density at radius 1 is 1.05 bits per heavy atom. The predicted octanol–water partition coefficient (Wildman–Crippen LogP) is 5.46. The van der Waals surface area contributed by atoms with Crippen molar-refractivity contribution in [3.8, 4) is 0 Å². The normalized spacial score (nSPS) is 10.7. The summed E-state index contributed by atoms with van der Waals surface area (Å²) in [6.07, 6.45) is 0. The zero-order valence-electron chi connectivity index (χ0n) is 10.2. The Labute approximate surface area is 129 Å². The standard InChI is InChI=1S/C15H9Cl2NOS/c16-9-4-3-5-10(8-9)18-15(19)14-13(17)11-6-1-2-7-12(11)20-14/h1-8H,(H,18,19). The topological polar surface area (TPSA) is 29.1 Å². The van der Waals surface area contributed by atoms with Crippen molar-refractivity contribution in [3.05, 3.63) is 63.5 Å². The van der Waals surface area contributed by atoms with Gasteiger partial charge >= 0.3 is 0 Å². The van der Waals surface area contributed by atoms with E-state index < -0.39 is 0 Å². The van der Waals surface area contributed by atoms with Gasteiger partial charge in [-0.3, -0.25) is 4.79 Å². The smallest absolute Gasteiger partial charge is 0.267 e. The number of nitrogens with one attached hydrogen (secondary N) is 1. The molecular formula is C15H9Cl2NOS. The van der Waals surface area contributed by atoms with E-state index >= 15 is 0 Å².